The van der Waals surface area contributed by atoms with E-state index in [0.29, 0.717) is 19.3 Å². The van der Waals surface area contributed by atoms with Gasteiger partial charge in [-0.15, -0.1) is 0 Å². The zero-order chi connectivity index (χ0) is 43.8. The summed E-state index contributed by atoms with van der Waals surface area (Å²) in [7, 11) is 0. The molecule has 0 aromatic rings. The lowest BCUT2D eigenvalue weighted by Crippen LogP contribution is -2.46. The summed E-state index contributed by atoms with van der Waals surface area (Å²) in [6, 6.07) is -0.738. The minimum absolute atomic E-state index is 0.0171. The normalized spacial score (nSPS) is 13.8. The van der Waals surface area contributed by atoms with Crippen molar-refractivity contribution in [2.45, 2.75) is 264 Å². The topological polar surface area (TPSA) is 95.9 Å². The fourth-order valence-electron chi connectivity index (χ4n) is 7.63. The lowest BCUT2D eigenvalue weighted by Gasteiger charge is -2.24. The third-order valence-corrected chi connectivity index (χ3v) is 11.5. The molecule has 3 atom stereocenters. The molecular formula is C54H97NO5. The van der Waals surface area contributed by atoms with Crippen molar-refractivity contribution < 1.29 is 24.5 Å². The lowest BCUT2D eigenvalue weighted by atomic mass is 10.0. The number of allylic oxidation sites excluding steroid dienone is 9. The fraction of sp³-hybridized carbons (Fsp3) is 0.778. The number of hydrogen-bond acceptors (Lipinski definition) is 5. The van der Waals surface area contributed by atoms with Crippen LogP contribution in [0.5, 0.6) is 0 Å². The molecule has 0 aromatic carbocycles. The van der Waals surface area contributed by atoms with Gasteiger partial charge in [0.1, 0.15) is 6.10 Å². The number of amides is 1. The van der Waals surface area contributed by atoms with Crippen molar-refractivity contribution in [2.24, 2.45) is 0 Å². The van der Waals surface area contributed by atoms with Crippen LogP contribution in [0.15, 0.2) is 60.8 Å². The van der Waals surface area contributed by atoms with Crippen LogP contribution in [0.1, 0.15) is 245 Å². The molecule has 0 aliphatic heterocycles. The minimum Gasteiger partial charge on any atom is -0.461 e. The molecule has 6 nitrogen and oxygen atoms in total. The molecule has 0 aromatic heterocycles. The molecule has 1 amide bonds. The Bertz CT molecular complexity index is 1080. The largest absolute Gasteiger partial charge is 0.461 e. The summed E-state index contributed by atoms with van der Waals surface area (Å²) in [4.78, 5) is 26.0. The Hall–Kier alpha value is -2.44. The van der Waals surface area contributed by atoms with Crippen LogP contribution in [0.25, 0.3) is 0 Å². The van der Waals surface area contributed by atoms with E-state index in [1.165, 1.54) is 154 Å². The van der Waals surface area contributed by atoms with E-state index in [2.05, 4.69) is 32.2 Å². The van der Waals surface area contributed by atoms with Gasteiger partial charge < -0.3 is 20.3 Å². The molecule has 3 unspecified atom stereocenters. The van der Waals surface area contributed by atoms with Crippen LogP contribution in [0.3, 0.4) is 0 Å². The zero-order valence-corrected chi connectivity index (χ0v) is 39.6. The molecule has 0 spiro atoms. The van der Waals surface area contributed by atoms with Gasteiger partial charge in [-0.1, -0.05) is 268 Å². The zero-order valence-electron chi connectivity index (χ0n) is 39.6. The van der Waals surface area contributed by atoms with E-state index in [0.717, 1.165) is 44.9 Å². The van der Waals surface area contributed by atoms with Gasteiger partial charge in [0, 0.05) is 12.8 Å². The highest BCUT2D eigenvalue weighted by atomic mass is 16.5. The van der Waals surface area contributed by atoms with Gasteiger partial charge in [0.2, 0.25) is 5.91 Å². The van der Waals surface area contributed by atoms with Crippen molar-refractivity contribution in [3.05, 3.63) is 60.8 Å². The third-order valence-electron chi connectivity index (χ3n) is 11.5. The van der Waals surface area contributed by atoms with E-state index >= 15 is 0 Å². The first-order chi connectivity index (χ1) is 29.5. The number of aliphatic hydroxyl groups is 2. The molecule has 0 bridgehead atoms. The maximum absolute atomic E-state index is 13.1. The van der Waals surface area contributed by atoms with Gasteiger partial charge in [-0.25, -0.2) is 0 Å². The molecule has 6 heteroatoms. The Kier molecular flexibility index (Phi) is 45.7. The quantitative estimate of drug-likeness (QED) is 0.0322. The van der Waals surface area contributed by atoms with E-state index in [-0.39, 0.29) is 24.9 Å². The van der Waals surface area contributed by atoms with Gasteiger partial charge in [-0.05, 0) is 19.3 Å². The Morgan fingerprint density at radius 1 is 0.500 bits per heavy atom. The Morgan fingerprint density at radius 3 is 1.27 bits per heavy atom. The third kappa shape index (κ3) is 42.3. The lowest BCUT2D eigenvalue weighted by molar-refractivity contribution is -0.150. The predicted molar refractivity (Wildman–Crippen MR) is 259 cm³/mol. The second-order valence-electron chi connectivity index (χ2n) is 17.3. The van der Waals surface area contributed by atoms with Crippen LogP contribution in [0.2, 0.25) is 0 Å². The molecule has 0 saturated heterocycles. The Morgan fingerprint density at radius 2 is 0.867 bits per heavy atom. The number of carbonyl (C=O) groups excluding carboxylic acids is 2. The van der Waals surface area contributed by atoms with Gasteiger partial charge in [0.05, 0.1) is 25.2 Å². The predicted octanol–water partition coefficient (Wildman–Crippen LogP) is 15.2. The van der Waals surface area contributed by atoms with Gasteiger partial charge in [0.25, 0.3) is 0 Å². The minimum atomic E-state index is -0.817. The summed E-state index contributed by atoms with van der Waals surface area (Å²) in [6.45, 7) is 6.31. The van der Waals surface area contributed by atoms with Crippen molar-refractivity contribution in [3.8, 4) is 0 Å². The molecule has 0 saturated carbocycles. The highest BCUT2D eigenvalue weighted by Crippen LogP contribution is 2.17. The number of hydrogen-bond donors (Lipinski definition) is 3. The molecule has 0 rings (SSSR count). The molecule has 0 aliphatic carbocycles. The molecular weight excluding hydrogens is 743 g/mol. The van der Waals surface area contributed by atoms with Crippen LogP contribution in [0, 0.1) is 0 Å². The summed E-state index contributed by atoms with van der Waals surface area (Å²) >= 11 is 0. The summed E-state index contributed by atoms with van der Waals surface area (Å²) in [5.41, 5.74) is 0. The monoisotopic (exact) mass is 840 g/mol. The first-order valence-corrected chi connectivity index (χ1v) is 25.6. The number of unbranched alkanes of at least 4 members (excludes halogenated alkanes) is 28. The molecule has 348 valence electrons. The fourth-order valence-corrected chi connectivity index (χ4v) is 7.63. The van der Waals surface area contributed by atoms with E-state index in [1.807, 2.05) is 54.7 Å². The second-order valence-corrected chi connectivity index (χ2v) is 17.3. The van der Waals surface area contributed by atoms with Crippen LogP contribution >= 0.6 is 0 Å². The van der Waals surface area contributed by atoms with Crippen molar-refractivity contribution in [3.63, 3.8) is 0 Å². The SMILES string of the molecule is CC/C=C/C=C/C=C\C=C/C=C/CC(CC(=O)NC(CO)C(O)CCCCCCCCCCCCCCCCCC)OC(=O)CCCCCCCCCCCCCCCC. The summed E-state index contributed by atoms with van der Waals surface area (Å²) in [6.07, 6.45) is 58.8. The number of ether oxygens (including phenoxy) is 1. The smallest absolute Gasteiger partial charge is 0.306 e. The van der Waals surface area contributed by atoms with Gasteiger partial charge >= 0.3 is 5.97 Å². The maximum Gasteiger partial charge on any atom is 0.306 e. The van der Waals surface area contributed by atoms with Crippen molar-refractivity contribution in [2.75, 3.05) is 6.61 Å². The number of aliphatic hydroxyl groups excluding tert-OH is 2. The number of esters is 1. The van der Waals surface area contributed by atoms with Gasteiger partial charge in [-0.2, -0.15) is 0 Å². The van der Waals surface area contributed by atoms with Crippen LogP contribution in [-0.2, 0) is 14.3 Å². The number of carbonyl (C=O) groups is 2. The molecule has 60 heavy (non-hydrogen) atoms. The van der Waals surface area contributed by atoms with Gasteiger partial charge in [-0.3, -0.25) is 9.59 Å². The molecule has 0 heterocycles. The van der Waals surface area contributed by atoms with Crippen LogP contribution in [-0.4, -0.2) is 46.9 Å². The Balaban J connectivity index is 4.59. The van der Waals surface area contributed by atoms with E-state index in [4.69, 9.17) is 4.74 Å². The highest BCUT2D eigenvalue weighted by molar-refractivity contribution is 5.77. The number of nitrogens with one attached hydrogen (secondary N) is 1. The molecule has 0 radical (unpaired) electrons. The van der Waals surface area contributed by atoms with E-state index in [1.54, 1.807) is 0 Å². The molecule has 0 fully saturated rings. The average molecular weight is 840 g/mol. The average Bonchev–Trinajstić information content (AvgIpc) is 3.24. The van der Waals surface area contributed by atoms with Crippen molar-refractivity contribution in [1.82, 2.24) is 5.32 Å². The maximum atomic E-state index is 13.1. The van der Waals surface area contributed by atoms with E-state index < -0.39 is 18.2 Å². The second kappa shape index (κ2) is 47.6. The van der Waals surface area contributed by atoms with E-state index in [9.17, 15) is 19.8 Å². The van der Waals surface area contributed by atoms with Crippen LogP contribution in [0.4, 0.5) is 0 Å². The van der Waals surface area contributed by atoms with Crippen LogP contribution < -0.4 is 5.32 Å². The molecule has 0 aliphatic rings. The first kappa shape index (κ1) is 57.6. The van der Waals surface area contributed by atoms with Gasteiger partial charge in [0.15, 0.2) is 0 Å². The standard InChI is InChI=1S/C54H97NO5/c1-4-7-10-13-16-19-22-24-26-27-28-31-34-37-40-43-46-52(57)51(49-56)55-53(58)48-50(45-42-39-36-33-30-21-18-15-12-9-6-3)60-54(59)47-44-41-38-35-32-29-25-23-20-17-14-11-8-5-2/h9,12,15,18,21,30,33,36,39,42,50-52,56-57H,4-8,10-11,13-14,16-17,19-20,22-29,31-32,34-35,37-38,40-41,43-49H2,1-3H3,(H,55,58)/b12-9+,18-15+,30-21-,36-33-,42-39+. The summed E-state index contributed by atoms with van der Waals surface area (Å²) < 4.78 is 5.84. The molecule has 3 N–H and O–H groups in total. The summed E-state index contributed by atoms with van der Waals surface area (Å²) in [5, 5.41) is 23.7. The summed E-state index contributed by atoms with van der Waals surface area (Å²) in [5.74, 6) is -0.602. The highest BCUT2D eigenvalue weighted by Gasteiger charge is 2.23. The van der Waals surface area contributed by atoms with Crippen molar-refractivity contribution in [1.29, 1.82) is 0 Å². The Labute approximate surface area is 371 Å². The van der Waals surface area contributed by atoms with Crippen molar-refractivity contribution >= 4 is 11.9 Å². The first-order valence-electron chi connectivity index (χ1n) is 25.6. The number of rotatable bonds is 45.